The van der Waals surface area contributed by atoms with Crippen molar-refractivity contribution in [2.24, 2.45) is 7.05 Å². The predicted octanol–water partition coefficient (Wildman–Crippen LogP) is 1.83. The van der Waals surface area contributed by atoms with E-state index in [1.165, 1.54) is 9.75 Å². The van der Waals surface area contributed by atoms with E-state index < -0.39 is 0 Å². The molecule has 0 saturated heterocycles. The molecule has 0 bridgehead atoms. The van der Waals surface area contributed by atoms with Crippen molar-refractivity contribution >= 4 is 11.3 Å². The Morgan fingerprint density at radius 2 is 2.17 bits per heavy atom. The van der Waals surface area contributed by atoms with Gasteiger partial charge < -0.3 is 9.47 Å². The van der Waals surface area contributed by atoms with Crippen LogP contribution in [0.1, 0.15) is 9.75 Å². The van der Waals surface area contributed by atoms with E-state index in [1.807, 2.05) is 30.3 Å². The monoisotopic (exact) mass is 265 g/mol. The first-order valence-corrected chi connectivity index (χ1v) is 6.85. The highest BCUT2D eigenvalue weighted by Gasteiger charge is 2.27. The molecule has 0 N–H and O–H groups in total. The molecule has 96 valence electrons. The number of aryl methyl sites for hydroxylation is 3. The van der Waals surface area contributed by atoms with E-state index in [4.69, 9.17) is 9.47 Å². The summed E-state index contributed by atoms with van der Waals surface area (Å²) in [5, 5.41) is 0. The molecule has 3 heterocycles. The Hall–Kier alpha value is -1.49. The predicted molar refractivity (Wildman–Crippen MR) is 69.3 cm³/mol. The Bertz CT molecular complexity index is 574. The van der Waals surface area contributed by atoms with Gasteiger partial charge in [0.15, 0.2) is 17.6 Å². The lowest BCUT2D eigenvalue weighted by atomic mass is 10.3. The van der Waals surface area contributed by atoms with Gasteiger partial charge >= 0.3 is 0 Å². The van der Waals surface area contributed by atoms with E-state index >= 15 is 0 Å². The molecule has 3 rings (SSSR count). The number of hydrogen-bond donors (Lipinski definition) is 0. The number of imidazole rings is 1. The second-order valence-electron chi connectivity index (χ2n) is 4.70. The summed E-state index contributed by atoms with van der Waals surface area (Å²) >= 11 is 1.74. The number of rotatable bonds is 2. The zero-order valence-electron chi connectivity index (χ0n) is 10.8. The summed E-state index contributed by atoms with van der Waals surface area (Å²) < 4.78 is 16.0. The highest BCUT2D eigenvalue weighted by atomic mass is 32.1. The number of nitrogens with zero attached hydrogens (tertiary/aromatic N) is 2. The number of thiophene rings is 1. The summed E-state index contributed by atoms with van der Waals surface area (Å²) in [4.78, 5) is 2.40. The summed E-state index contributed by atoms with van der Waals surface area (Å²) in [6.07, 6.45) is 6.20. The molecule has 2 aromatic heterocycles. The van der Waals surface area contributed by atoms with Crippen LogP contribution in [0.5, 0.6) is 11.5 Å². The number of aromatic nitrogens is 2. The minimum Gasteiger partial charge on any atom is -0.484 e. The van der Waals surface area contributed by atoms with Crippen LogP contribution >= 0.6 is 11.3 Å². The van der Waals surface area contributed by atoms with E-state index in [1.54, 1.807) is 11.3 Å². The van der Waals surface area contributed by atoms with Gasteiger partial charge in [0, 0.05) is 9.75 Å². The van der Waals surface area contributed by atoms with Gasteiger partial charge in [0.05, 0.1) is 7.05 Å². The summed E-state index contributed by atoms with van der Waals surface area (Å²) in [5.41, 5.74) is 0. The lowest BCUT2D eigenvalue weighted by molar-refractivity contribution is -0.671. The number of hydrogen-bond acceptors (Lipinski definition) is 3. The van der Waals surface area contributed by atoms with Crippen molar-refractivity contribution in [2.45, 2.75) is 26.5 Å². The molecule has 0 aliphatic carbocycles. The van der Waals surface area contributed by atoms with Crippen molar-refractivity contribution in [1.29, 1.82) is 0 Å². The smallest absolute Gasteiger partial charge is 0.243 e. The average molecular weight is 265 g/mol. The fourth-order valence-corrected chi connectivity index (χ4v) is 3.19. The maximum absolute atomic E-state index is 6.05. The highest BCUT2D eigenvalue weighted by molar-refractivity contribution is 7.12. The minimum absolute atomic E-state index is 0.0811. The number of fused-ring (bicyclic) bond motifs is 1. The SMILES string of the molecule is Cc1sc(C)c2c1OCC(Cn1cc[n+](C)c1)O2. The van der Waals surface area contributed by atoms with Crippen molar-refractivity contribution in [3.05, 3.63) is 28.5 Å². The van der Waals surface area contributed by atoms with Crippen molar-refractivity contribution in [1.82, 2.24) is 4.57 Å². The first-order valence-electron chi connectivity index (χ1n) is 6.04. The maximum Gasteiger partial charge on any atom is 0.243 e. The molecule has 2 aromatic rings. The lowest BCUT2D eigenvalue weighted by Gasteiger charge is -2.24. The molecule has 0 saturated carbocycles. The fourth-order valence-electron chi connectivity index (χ4n) is 2.26. The third kappa shape index (κ3) is 1.99. The summed E-state index contributed by atoms with van der Waals surface area (Å²) in [6, 6.07) is 0. The third-order valence-electron chi connectivity index (χ3n) is 3.09. The third-order valence-corrected chi connectivity index (χ3v) is 4.07. The Kier molecular flexibility index (Phi) is 2.78. The molecule has 0 radical (unpaired) electrons. The molecule has 0 spiro atoms. The molecule has 1 atom stereocenters. The van der Waals surface area contributed by atoms with E-state index in [0.717, 1.165) is 18.0 Å². The Labute approximate surface area is 110 Å². The lowest BCUT2D eigenvalue weighted by Crippen LogP contribution is -2.33. The Morgan fingerprint density at radius 3 is 2.89 bits per heavy atom. The van der Waals surface area contributed by atoms with Crippen LogP contribution in [0.2, 0.25) is 0 Å². The van der Waals surface area contributed by atoms with E-state index in [0.29, 0.717) is 6.61 Å². The maximum atomic E-state index is 6.05. The average Bonchev–Trinajstić information content (AvgIpc) is 2.85. The molecule has 1 aliphatic heterocycles. The van der Waals surface area contributed by atoms with Gasteiger partial charge in [-0.25, -0.2) is 9.13 Å². The summed E-state index contributed by atoms with van der Waals surface area (Å²) in [6.45, 7) is 5.59. The van der Waals surface area contributed by atoms with Gasteiger partial charge in [-0.2, -0.15) is 0 Å². The first-order chi connectivity index (χ1) is 8.63. The van der Waals surface area contributed by atoms with Crippen LogP contribution in [0.25, 0.3) is 0 Å². The van der Waals surface area contributed by atoms with Gasteiger partial charge in [0.2, 0.25) is 6.33 Å². The molecule has 5 heteroatoms. The van der Waals surface area contributed by atoms with Crippen LogP contribution in [0, 0.1) is 13.8 Å². The van der Waals surface area contributed by atoms with Crippen LogP contribution in [0.15, 0.2) is 18.7 Å². The largest absolute Gasteiger partial charge is 0.484 e. The zero-order chi connectivity index (χ0) is 12.7. The van der Waals surface area contributed by atoms with Gasteiger partial charge in [0.25, 0.3) is 0 Å². The van der Waals surface area contributed by atoms with Crippen LogP contribution < -0.4 is 14.0 Å². The fraction of sp³-hybridized carbons (Fsp3) is 0.462. The molecule has 1 unspecified atom stereocenters. The van der Waals surface area contributed by atoms with E-state index in [-0.39, 0.29) is 6.10 Å². The van der Waals surface area contributed by atoms with Crippen molar-refractivity contribution < 1.29 is 14.0 Å². The van der Waals surface area contributed by atoms with Crippen LogP contribution in [0.3, 0.4) is 0 Å². The van der Waals surface area contributed by atoms with Crippen LogP contribution in [-0.2, 0) is 13.6 Å². The quantitative estimate of drug-likeness (QED) is 0.775. The summed E-state index contributed by atoms with van der Waals surface area (Å²) in [5.74, 6) is 1.87. The van der Waals surface area contributed by atoms with Crippen molar-refractivity contribution in [3.63, 3.8) is 0 Å². The van der Waals surface area contributed by atoms with Crippen LogP contribution in [-0.4, -0.2) is 17.3 Å². The minimum atomic E-state index is 0.0811. The second kappa shape index (κ2) is 4.31. The molecule has 18 heavy (non-hydrogen) atoms. The molecule has 0 fully saturated rings. The zero-order valence-corrected chi connectivity index (χ0v) is 11.7. The molecule has 4 nitrogen and oxygen atoms in total. The van der Waals surface area contributed by atoms with Crippen LogP contribution in [0.4, 0.5) is 0 Å². The molecular formula is C13H17N2O2S+. The first kappa shape index (κ1) is 11.6. The number of ether oxygens (including phenoxy) is 2. The van der Waals surface area contributed by atoms with Gasteiger partial charge in [-0.15, -0.1) is 11.3 Å². The molecular weight excluding hydrogens is 248 g/mol. The Balaban J connectivity index is 1.76. The summed E-state index contributed by atoms with van der Waals surface area (Å²) in [7, 11) is 2.01. The van der Waals surface area contributed by atoms with Gasteiger partial charge in [-0.3, -0.25) is 0 Å². The van der Waals surface area contributed by atoms with Crippen molar-refractivity contribution in [3.8, 4) is 11.5 Å². The van der Waals surface area contributed by atoms with Gasteiger partial charge in [0.1, 0.15) is 25.5 Å². The highest BCUT2D eigenvalue weighted by Crippen LogP contribution is 2.43. The second-order valence-corrected chi connectivity index (χ2v) is 6.13. The van der Waals surface area contributed by atoms with E-state index in [9.17, 15) is 0 Å². The van der Waals surface area contributed by atoms with Crippen molar-refractivity contribution in [2.75, 3.05) is 6.61 Å². The topological polar surface area (TPSA) is 27.3 Å². The molecule has 1 aliphatic rings. The molecule has 0 aromatic carbocycles. The Morgan fingerprint density at radius 1 is 1.39 bits per heavy atom. The van der Waals surface area contributed by atoms with Gasteiger partial charge in [-0.1, -0.05) is 0 Å². The molecule has 0 amide bonds. The van der Waals surface area contributed by atoms with E-state index in [2.05, 4.69) is 18.4 Å². The standard InChI is InChI=1S/C13H17N2O2S/c1-9-12-13(10(2)18-9)17-11(7-16-12)6-15-5-4-14(3)8-15/h4-5,8,11H,6-7H2,1-3H3/q+1. The normalized spacial score (nSPS) is 18.1. The van der Waals surface area contributed by atoms with Gasteiger partial charge in [-0.05, 0) is 13.8 Å².